The van der Waals surface area contributed by atoms with Gasteiger partial charge in [-0.15, -0.1) is 24.8 Å². The van der Waals surface area contributed by atoms with Gasteiger partial charge in [0, 0.05) is 0 Å². The zero-order valence-electron chi connectivity index (χ0n) is 28.7. The summed E-state index contributed by atoms with van der Waals surface area (Å²) in [6.07, 6.45) is 8.71. The third-order valence-electron chi connectivity index (χ3n) is 9.36. The Balaban J connectivity index is 0.00000281. The molecule has 4 aromatic rings. The van der Waals surface area contributed by atoms with Gasteiger partial charge in [-0.3, -0.25) is 0 Å². The second-order valence-corrected chi connectivity index (χ2v) is 25.4. The number of rotatable bonds is 4. The summed E-state index contributed by atoms with van der Waals surface area (Å²) in [6, 6.07) is 28.3. The summed E-state index contributed by atoms with van der Waals surface area (Å²) >= 11 is 34.9. The van der Waals surface area contributed by atoms with Crippen LogP contribution >= 0.6 is 94.4 Å². The van der Waals surface area contributed by atoms with E-state index in [-0.39, 0.29) is 35.6 Å². The molecule has 6 rings (SSSR count). The van der Waals surface area contributed by atoms with Crippen LogP contribution in [0.1, 0.15) is 92.5 Å². The van der Waals surface area contributed by atoms with Crippen molar-refractivity contribution in [3.63, 3.8) is 0 Å². The monoisotopic (exact) mass is 902 g/mol. The van der Waals surface area contributed by atoms with Crippen molar-refractivity contribution in [1.29, 1.82) is 0 Å². The number of hydrogen-bond acceptors (Lipinski definition) is 0. The predicted octanol–water partition coefficient (Wildman–Crippen LogP) is 13.7. The van der Waals surface area contributed by atoms with Crippen LogP contribution in [0.15, 0.2) is 100 Å². The minimum absolute atomic E-state index is 0. The molecule has 0 saturated heterocycles. The second-order valence-electron chi connectivity index (χ2n) is 14.8. The number of benzene rings is 4. The fourth-order valence-corrected chi connectivity index (χ4v) is 15.4. The van der Waals surface area contributed by atoms with Gasteiger partial charge in [0.25, 0.3) is 0 Å². The topological polar surface area (TPSA) is 0 Å². The van der Waals surface area contributed by atoms with Gasteiger partial charge in [-0.2, -0.15) is 0 Å². The van der Waals surface area contributed by atoms with E-state index in [9.17, 15) is 0 Å². The Hall–Kier alpha value is -0.567. The third-order valence-corrected chi connectivity index (χ3v) is 18.2. The van der Waals surface area contributed by atoms with Crippen molar-refractivity contribution >= 4 is 101 Å². The van der Waals surface area contributed by atoms with Crippen molar-refractivity contribution in [2.75, 3.05) is 0 Å². The average Bonchev–Trinajstić information content (AvgIpc) is 3.66. The van der Waals surface area contributed by atoms with Gasteiger partial charge in [-0.05, 0) is 0 Å². The number of hydrogen-bond donors (Lipinski definition) is 0. The molecule has 0 aliphatic heterocycles. The van der Waals surface area contributed by atoms with E-state index < -0.39 is 28.9 Å². The van der Waals surface area contributed by atoms with Gasteiger partial charge in [-0.25, -0.2) is 0 Å². The maximum absolute atomic E-state index is 6.32. The molecule has 0 radical (unpaired) electrons. The van der Waals surface area contributed by atoms with Crippen LogP contribution in [0.25, 0.3) is 11.1 Å². The standard InChI is InChI=1S/C21H25.C15H8Cl6.C5H5.2ClH.Zr/c1-20(2,3)16-9-7-14-11-15-8-10-17(21(4,5)6)13-19(15)18(14)12-16;16-14(17,18)12-5-1-10(2-6-12)9-11-3-7-13(8-4-11)15(19,20)21;1-2-4-5-3-1;;;/h7,9-10,12-13H,11H2,1-6H3;1-8H;1-3H,4H2;2*1H;. The molecule has 0 N–H and O–H groups in total. The quantitative estimate of drug-likeness (QED) is 0.158. The Kier molecular flexibility index (Phi) is 13.2. The molecule has 264 valence electrons. The molecule has 9 heteroatoms. The van der Waals surface area contributed by atoms with Gasteiger partial charge in [0.2, 0.25) is 0 Å². The molecule has 0 heterocycles. The molecule has 0 atom stereocenters. The summed E-state index contributed by atoms with van der Waals surface area (Å²) in [6.45, 7) is 13.8. The Labute approximate surface area is 347 Å². The Bertz CT molecular complexity index is 1920. The van der Waals surface area contributed by atoms with Gasteiger partial charge in [0.05, 0.1) is 0 Å². The first kappa shape index (κ1) is 42.2. The van der Waals surface area contributed by atoms with Crippen molar-refractivity contribution in [3.8, 4) is 11.1 Å². The largest absolute Gasteiger partial charge is 0.147 e. The SMILES string of the molecule is CC(C)(C)c1ccc2c(c1)-c1cc(C(C)(C)C)c[c]([Zr]([C]3=CC=CC3)=[C](c3ccc(C(Cl)(Cl)Cl)cc3)c3ccc(C(Cl)(Cl)Cl)cc3)c1C2.Cl.Cl. The van der Waals surface area contributed by atoms with Gasteiger partial charge >= 0.3 is 326 Å². The molecule has 0 bridgehead atoms. The molecule has 2 aliphatic carbocycles. The normalized spacial score (nSPS) is 14.0. The molecule has 0 saturated carbocycles. The number of alkyl halides is 6. The molecule has 0 nitrogen and oxygen atoms in total. The third kappa shape index (κ3) is 8.86. The molecular weight excluding hydrogens is 867 g/mol. The number of fused-ring (bicyclic) bond motifs is 3. The van der Waals surface area contributed by atoms with E-state index in [0.29, 0.717) is 11.1 Å². The van der Waals surface area contributed by atoms with E-state index in [0.717, 1.165) is 24.0 Å². The van der Waals surface area contributed by atoms with Crippen molar-refractivity contribution in [1.82, 2.24) is 0 Å². The second kappa shape index (κ2) is 15.7. The van der Waals surface area contributed by atoms with Crippen LogP contribution in [-0.2, 0) is 46.1 Å². The van der Waals surface area contributed by atoms with Crippen LogP contribution in [0, 0.1) is 0 Å². The molecule has 0 unspecified atom stereocenters. The minimum Gasteiger partial charge on any atom is -0.147 e. The first-order valence-electron chi connectivity index (χ1n) is 16.1. The smallest absolute Gasteiger partial charge is 0.147 e. The van der Waals surface area contributed by atoms with Crippen LogP contribution in [0.5, 0.6) is 0 Å². The van der Waals surface area contributed by atoms with Crippen LogP contribution < -0.4 is 3.27 Å². The van der Waals surface area contributed by atoms with E-state index in [1.807, 2.05) is 24.3 Å². The van der Waals surface area contributed by atoms with Crippen LogP contribution in [0.2, 0.25) is 0 Å². The molecule has 0 fully saturated rings. The summed E-state index contributed by atoms with van der Waals surface area (Å²) < 4.78 is 1.35. The fourth-order valence-electron chi connectivity index (χ4n) is 6.61. The van der Waals surface area contributed by atoms with Crippen molar-refractivity contribution < 1.29 is 21.3 Å². The Morgan fingerprint density at radius 1 is 0.580 bits per heavy atom. The van der Waals surface area contributed by atoms with Gasteiger partial charge < -0.3 is 0 Å². The predicted molar refractivity (Wildman–Crippen MR) is 223 cm³/mol. The molecular formula is C41H40Cl8Zr. The Morgan fingerprint density at radius 3 is 1.50 bits per heavy atom. The molecule has 0 amide bonds. The van der Waals surface area contributed by atoms with E-state index in [2.05, 4.69) is 114 Å². The number of halogens is 8. The minimum atomic E-state index is -2.99. The van der Waals surface area contributed by atoms with Gasteiger partial charge in [0.1, 0.15) is 0 Å². The molecule has 4 aromatic carbocycles. The van der Waals surface area contributed by atoms with Crippen LogP contribution in [0.4, 0.5) is 0 Å². The molecule has 50 heavy (non-hydrogen) atoms. The molecule has 0 spiro atoms. The van der Waals surface area contributed by atoms with Crippen molar-refractivity contribution in [3.05, 3.63) is 145 Å². The Morgan fingerprint density at radius 2 is 1.06 bits per heavy atom. The number of allylic oxidation sites excluding steroid dienone is 4. The molecule has 2 aliphatic rings. The van der Waals surface area contributed by atoms with E-state index in [1.54, 1.807) is 0 Å². The molecule has 0 aromatic heterocycles. The van der Waals surface area contributed by atoms with E-state index >= 15 is 0 Å². The zero-order chi connectivity index (χ0) is 34.8. The van der Waals surface area contributed by atoms with E-state index in [4.69, 9.17) is 69.6 Å². The van der Waals surface area contributed by atoms with Crippen molar-refractivity contribution in [2.24, 2.45) is 0 Å². The van der Waals surface area contributed by atoms with Crippen LogP contribution in [-0.4, -0.2) is 3.21 Å². The van der Waals surface area contributed by atoms with Crippen molar-refractivity contribution in [2.45, 2.75) is 72.8 Å². The van der Waals surface area contributed by atoms with Gasteiger partial charge in [0.15, 0.2) is 0 Å². The van der Waals surface area contributed by atoms with E-state index in [1.165, 1.54) is 43.1 Å². The summed E-state index contributed by atoms with van der Waals surface area (Å²) in [5, 5.41) is 0. The first-order valence-corrected chi connectivity index (χ1v) is 22.0. The summed E-state index contributed by atoms with van der Waals surface area (Å²) in [7, 11) is 0. The zero-order valence-corrected chi connectivity index (χ0v) is 37.4. The van der Waals surface area contributed by atoms with Crippen LogP contribution in [0.3, 0.4) is 0 Å². The summed E-state index contributed by atoms with van der Waals surface area (Å²) in [4.78, 5) is 0. The van der Waals surface area contributed by atoms with Gasteiger partial charge in [-0.1, -0.05) is 0 Å². The summed E-state index contributed by atoms with van der Waals surface area (Å²) in [5.74, 6) is 0. The average molecular weight is 908 g/mol. The first-order chi connectivity index (χ1) is 22.3. The fraction of sp³-hybridized carbons (Fsp3) is 0.293. The maximum Gasteiger partial charge on any atom is -0.147 e. The summed E-state index contributed by atoms with van der Waals surface area (Å²) in [5.41, 5.74) is 11.8. The maximum atomic E-state index is 6.32.